The maximum Gasteiger partial charge on any atom is 0.509 e. The van der Waals surface area contributed by atoms with E-state index in [4.69, 9.17) is 28.8 Å². The van der Waals surface area contributed by atoms with E-state index in [1.807, 2.05) is 0 Å². The molecule has 0 aromatic carbocycles. The third kappa shape index (κ3) is 7.22. The predicted molar refractivity (Wildman–Crippen MR) is 85.0 cm³/mol. The fourth-order valence-corrected chi connectivity index (χ4v) is 1.40. The Hall–Kier alpha value is 0.214. The molecule has 0 bridgehead atoms. The smallest absolute Gasteiger partial charge is 0.425 e. The van der Waals surface area contributed by atoms with Crippen molar-refractivity contribution >= 4 is 6.16 Å². The van der Waals surface area contributed by atoms with E-state index in [1.165, 1.54) is 7.11 Å². The summed E-state index contributed by atoms with van der Waals surface area (Å²) in [5, 5.41) is 8.95. The molecule has 0 atom stereocenters. The van der Waals surface area contributed by atoms with Crippen LogP contribution in [0.3, 0.4) is 0 Å². The van der Waals surface area contributed by atoms with Crippen molar-refractivity contribution in [3.63, 3.8) is 0 Å². The molecule has 0 fully saturated rings. The third-order valence-corrected chi connectivity index (χ3v) is 4.54. The summed E-state index contributed by atoms with van der Waals surface area (Å²) in [7, 11) is 1.52. The first kappa shape index (κ1) is 26.4. The van der Waals surface area contributed by atoms with Crippen LogP contribution in [0.25, 0.3) is 0 Å². The van der Waals surface area contributed by atoms with E-state index in [1.54, 1.807) is 55.4 Å². The van der Waals surface area contributed by atoms with Gasteiger partial charge in [0.1, 0.15) is 36.0 Å². The number of hydrogen-bond donors (Lipinski definition) is 1. The van der Waals surface area contributed by atoms with Crippen molar-refractivity contribution < 1.29 is 66.3 Å². The minimum atomic E-state index is -1.01. The van der Waals surface area contributed by atoms with Crippen molar-refractivity contribution in [1.82, 2.24) is 0 Å². The van der Waals surface area contributed by atoms with Gasteiger partial charge in [-0.05, 0) is 55.4 Å². The van der Waals surface area contributed by atoms with E-state index >= 15 is 0 Å². The normalized spacial score (nSPS) is 13.2. The van der Waals surface area contributed by atoms with E-state index < -0.39 is 35.4 Å². The number of methoxy groups -OCH3 is 1. The molecule has 1 N–H and O–H groups in total. The minimum absolute atomic E-state index is 0. The molecular weight excluding hydrogens is 393 g/mol. The molecular formula is C16H32O7Y. The molecule has 1 radical (unpaired) electrons. The molecule has 0 saturated heterocycles. The van der Waals surface area contributed by atoms with Crippen molar-refractivity contribution in [3.8, 4) is 0 Å². The molecule has 7 nitrogen and oxygen atoms in total. The van der Waals surface area contributed by atoms with Gasteiger partial charge in [0.05, 0.1) is 0 Å². The van der Waals surface area contributed by atoms with Gasteiger partial charge in [0.2, 0.25) is 0 Å². The number of hydrogen-bond acceptors (Lipinski definition) is 7. The number of ether oxygens (including phenoxy) is 5. The van der Waals surface area contributed by atoms with Crippen LogP contribution in [0, 0.1) is 0 Å². The fraction of sp³-hybridized carbons (Fsp3) is 0.938. The first-order valence-electron chi connectivity index (χ1n) is 7.52. The average Bonchev–Trinajstić information content (AvgIpc) is 2.34. The van der Waals surface area contributed by atoms with Crippen LogP contribution >= 0.6 is 0 Å². The second-order valence-electron chi connectivity index (χ2n) is 7.32. The summed E-state index contributed by atoms with van der Waals surface area (Å²) < 4.78 is 26.5. The standard InChI is InChI=1S/C16H32O7.Y/c1-13(2,20-10-17)15(5,6)22-12(18)23-16(7,8)14(3,4)21-11-19-9;/h17H,10-11H2,1-9H3;. The fourth-order valence-electron chi connectivity index (χ4n) is 1.40. The topological polar surface area (TPSA) is 83.5 Å². The molecule has 0 spiro atoms. The second kappa shape index (κ2) is 9.79. The Kier molecular flexibility index (Phi) is 10.8. The maximum atomic E-state index is 12.2. The third-order valence-electron chi connectivity index (χ3n) is 4.54. The summed E-state index contributed by atoms with van der Waals surface area (Å²) >= 11 is 0. The molecule has 0 rings (SSSR count). The number of carbonyl (C=O) groups excluding carboxylic acids is 1. The number of aliphatic hydroxyl groups is 1. The second-order valence-corrected chi connectivity index (χ2v) is 7.32. The van der Waals surface area contributed by atoms with E-state index in [0.717, 1.165) is 0 Å². The van der Waals surface area contributed by atoms with Gasteiger partial charge >= 0.3 is 6.16 Å². The Morgan fingerprint density at radius 1 is 0.792 bits per heavy atom. The van der Waals surface area contributed by atoms with Gasteiger partial charge in [0, 0.05) is 39.8 Å². The quantitative estimate of drug-likeness (QED) is 0.449. The Bertz CT molecular complexity index is 392. The molecule has 0 aromatic heterocycles. The van der Waals surface area contributed by atoms with Gasteiger partial charge in [-0.15, -0.1) is 0 Å². The van der Waals surface area contributed by atoms with Crippen LogP contribution in [0.4, 0.5) is 4.79 Å². The van der Waals surface area contributed by atoms with Crippen LogP contribution in [0.15, 0.2) is 0 Å². The zero-order chi connectivity index (χ0) is 18.5. The molecule has 0 aromatic rings. The van der Waals surface area contributed by atoms with Crippen molar-refractivity contribution in [1.29, 1.82) is 0 Å². The van der Waals surface area contributed by atoms with E-state index in [9.17, 15) is 4.79 Å². The van der Waals surface area contributed by atoms with Gasteiger partial charge in [-0.3, -0.25) is 0 Å². The molecule has 0 heterocycles. The molecule has 0 aliphatic rings. The molecule has 8 heteroatoms. The molecule has 24 heavy (non-hydrogen) atoms. The summed E-state index contributed by atoms with van der Waals surface area (Å²) in [6.07, 6.45) is -0.844. The van der Waals surface area contributed by atoms with Crippen molar-refractivity contribution in [2.45, 2.75) is 77.8 Å². The molecule has 141 valence electrons. The van der Waals surface area contributed by atoms with E-state index in [2.05, 4.69) is 0 Å². The van der Waals surface area contributed by atoms with Gasteiger partial charge in [-0.25, -0.2) is 4.79 Å². The summed E-state index contributed by atoms with van der Waals surface area (Å²) in [4.78, 5) is 12.2. The molecule has 0 aliphatic carbocycles. The Labute approximate surface area is 170 Å². The van der Waals surface area contributed by atoms with Crippen LogP contribution in [-0.4, -0.2) is 54.4 Å². The zero-order valence-electron chi connectivity index (χ0n) is 16.4. The van der Waals surface area contributed by atoms with Gasteiger partial charge in [-0.2, -0.15) is 0 Å². The molecule has 0 aliphatic heterocycles. The van der Waals surface area contributed by atoms with Gasteiger partial charge in [0.25, 0.3) is 0 Å². The van der Waals surface area contributed by atoms with Crippen LogP contribution in [0.5, 0.6) is 0 Å². The number of rotatable bonds is 9. The molecule has 0 saturated carbocycles. The van der Waals surface area contributed by atoms with Crippen LogP contribution in [-0.2, 0) is 56.4 Å². The van der Waals surface area contributed by atoms with Crippen molar-refractivity contribution in [2.24, 2.45) is 0 Å². The van der Waals surface area contributed by atoms with E-state index in [-0.39, 0.29) is 39.5 Å². The maximum absolute atomic E-state index is 12.2. The first-order valence-corrected chi connectivity index (χ1v) is 7.52. The summed E-state index contributed by atoms with van der Waals surface area (Å²) in [6.45, 7) is 13.5. The number of carbonyl (C=O) groups is 1. The molecule has 0 unspecified atom stereocenters. The van der Waals surface area contributed by atoms with Crippen LogP contribution < -0.4 is 0 Å². The van der Waals surface area contributed by atoms with Gasteiger partial charge in [-0.1, -0.05) is 0 Å². The molecule has 0 amide bonds. The SMILES string of the molecule is COCOC(C)(C)C(C)(C)OC(=O)OC(C)(C)C(C)(C)OCO.[Y]. The van der Waals surface area contributed by atoms with Gasteiger partial charge < -0.3 is 28.8 Å². The zero-order valence-corrected chi connectivity index (χ0v) is 19.2. The van der Waals surface area contributed by atoms with Crippen molar-refractivity contribution in [3.05, 3.63) is 0 Å². The Balaban J connectivity index is 0. The largest absolute Gasteiger partial charge is 0.509 e. The minimum Gasteiger partial charge on any atom is -0.425 e. The van der Waals surface area contributed by atoms with Crippen LogP contribution in [0.2, 0.25) is 0 Å². The Morgan fingerprint density at radius 3 is 1.50 bits per heavy atom. The predicted octanol–water partition coefficient (Wildman–Crippen LogP) is 2.84. The summed E-state index contributed by atoms with van der Waals surface area (Å²) in [5.74, 6) is 0. The summed E-state index contributed by atoms with van der Waals surface area (Å²) in [5.41, 5.74) is -3.66. The van der Waals surface area contributed by atoms with Crippen LogP contribution in [0.1, 0.15) is 55.4 Å². The monoisotopic (exact) mass is 425 g/mol. The van der Waals surface area contributed by atoms with Crippen molar-refractivity contribution in [2.75, 3.05) is 20.7 Å². The Morgan fingerprint density at radius 2 is 1.17 bits per heavy atom. The average molecular weight is 425 g/mol. The first-order chi connectivity index (χ1) is 10.2. The number of aliphatic hydroxyl groups excluding tert-OH is 1. The van der Waals surface area contributed by atoms with E-state index in [0.29, 0.717) is 0 Å². The summed E-state index contributed by atoms with van der Waals surface area (Å²) in [6, 6.07) is 0. The van der Waals surface area contributed by atoms with Gasteiger partial charge in [0.15, 0.2) is 0 Å².